The molecule has 7 heteroatoms. The maximum atomic E-state index is 12.9. The first-order chi connectivity index (χ1) is 13.4. The van der Waals surface area contributed by atoms with Crippen LogP contribution in [-0.4, -0.2) is 78.9 Å². The monoisotopic (exact) mass is 390 g/mol. The van der Waals surface area contributed by atoms with E-state index in [1.165, 1.54) is 18.6 Å². The summed E-state index contributed by atoms with van der Waals surface area (Å²) in [6.45, 7) is 10.0. The maximum Gasteiger partial charge on any atom is 0.238 e. The summed E-state index contributed by atoms with van der Waals surface area (Å²) in [5.74, 6) is 0.943. The standard InChI is InChI=1S/C21H31FN4O2/c1-16-11-17(2)13-26(12-16)21(28)15-25-9-7-24(8-10-25)14-20(27)23-19-5-3-18(22)4-6-19/h3-6,16-17H,7-15H2,1-2H3,(H,23,27)/t16-,17-/m1/s1. The number of likely N-dealkylation sites (tertiary alicyclic amines) is 1. The Balaban J connectivity index is 1.38. The molecule has 1 aromatic carbocycles. The fraction of sp³-hybridized carbons (Fsp3) is 0.619. The van der Waals surface area contributed by atoms with E-state index in [4.69, 9.17) is 0 Å². The number of amides is 2. The molecule has 0 aromatic heterocycles. The first kappa shape index (κ1) is 20.7. The lowest BCUT2D eigenvalue weighted by Crippen LogP contribution is -2.52. The van der Waals surface area contributed by atoms with Gasteiger partial charge in [0.1, 0.15) is 5.82 Å². The third kappa shape index (κ3) is 6.01. The molecule has 2 atom stereocenters. The van der Waals surface area contributed by atoms with E-state index < -0.39 is 0 Å². The number of rotatable bonds is 5. The highest BCUT2D eigenvalue weighted by Crippen LogP contribution is 2.21. The number of piperazine rings is 1. The van der Waals surface area contributed by atoms with Crippen molar-refractivity contribution in [3.05, 3.63) is 30.1 Å². The van der Waals surface area contributed by atoms with Crippen LogP contribution in [0.2, 0.25) is 0 Å². The summed E-state index contributed by atoms with van der Waals surface area (Å²) in [4.78, 5) is 31.1. The third-order valence-electron chi connectivity index (χ3n) is 5.54. The van der Waals surface area contributed by atoms with E-state index in [0.717, 1.165) is 39.3 Å². The Labute approximate surface area is 166 Å². The van der Waals surface area contributed by atoms with Crippen molar-refractivity contribution in [2.24, 2.45) is 11.8 Å². The molecule has 0 unspecified atom stereocenters. The van der Waals surface area contributed by atoms with E-state index in [2.05, 4.69) is 29.0 Å². The van der Waals surface area contributed by atoms with Gasteiger partial charge in [0.25, 0.3) is 0 Å². The molecule has 0 aliphatic carbocycles. The van der Waals surface area contributed by atoms with Crippen LogP contribution in [0, 0.1) is 17.7 Å². The van der Waals surface area contributed by atoms with Crippen molar-refractivity contribution in [3.8, 4) is 0 Å². The molecule has 6 nitrogen and oxygen atoms in total. The van der Waals surface area contributed by atoms with Crippen LogP contribution in [0.25, 0.3) is 0 Å². The topological polar surface area (TPSA) is 55.9 Å². The SMILES string of the molecule is C[C@@H]1C[C@@H](C)CN(C(=O)CN2CCN(CC(=O)Nc3ccc(F)cc3)CC2)C1. The Hall–Kier alpha value is -1.99. The summed E-state index contributed by atoms with van der Waals surface area (Å²) in [7, 11) is 0. The molecule has 0 spiro atoms. The highest BCUT2D eigenvalue weighted by Gasteiger charge is 2.27. The Bertz CT molecular complexity index is 663. The molecule has 2 aliphatic rings. The summed E-state index contributed by atoms with van der Waals surface area (Å²) in [6.07, 6.45) is 1.20. The number of hydrogen-bond donors (Lipinski definition) is 1. The van der Waals surface area contributed by atoms with Crippen LogP contribution in [0.3, 0.4) is 0 Å². The number of nitrogens with one attached hydrogen (secondary N) is 1. The number of halogens is 1. The zero-order valence-corrected chi connectivity index (χ0v) is 16.9. The molecule has 2 heterocycles. The number of piperidine rings is 1. The number of carbonyl (C=O) groups excluding carboxylic acids is 2. The fourth-order valence-electron chi connectivity index (χ4n) is 4.20. The Morgan fingerprint density at radius 3 is 2.07 bits per heavy atom. The summed E-state index contributed by atoms with van der Waals surface area (Å²) in [5.41, 5.74) is 0.598. The molecule has 2 amide bonds. The number of hydrogen-bond acceptors (Lipinski definition) is 4. The van der Waals surface area contributed by atoms with Crippen LogP contribution in [-0.2, 0) is 9.59 Å². The van der Waals surface area contributed by atoms with E-state index >= 15 is 0 Å². The second kappa shape index (κ2) is 9.47. The Morgan fingerprint density at radius 2 is 1.50 bits per heavy atom. The minimum atomic E-state index is -0.322. The van der Waals surface area contributed by atoms with Gasteiger partial charge in [-0.25, -0.2) is 4.39 Å². The van der Waals surface area contributed by atoms with Gasteiger partial charge < -0.3 is 10.2 Å². The number of nitrogens with zero attached hydrogens (tertiary/aromatic N) is 3. The molecule has 3 rings (SSSR count). The number of benzene rings is 1. The zero-order chi connectivity index (χ0) is 20.1. The summed E-state index contributed by atoms with van der Waals surface area (Å²) >= 11 is 0. The third-order valence-corrected chi connectivity index (χ3v) is 5.54. The van der Waals surface area contributed by atoms with Gasteiger partial charge in [0.2, 0.25) is 11.8 Å². The van der Waals surface area contributed by atoms with Crippen LogP contribution in [0.4, 0.5) is 10.1 Å². The minimum Gasteiger partial charge on any atom is -0.341 e. The van der Waals surface area contributed by atoms with Crippen molar-refractivity contribution in [1.29, 1.82) is 0 Å². The van der Waals surface area contributed by atoms with E-state index in [1.54, 1.807) is 12.1 Å². The zero-order valence-electron chi connectivity index (χ0n) is 16.9. The second-order valence-electron chi connectivity index (χ2n) is 8.35. The van der Waals surface area contributed by atoms with Gasteiger partial charge in [-0.15, -0.1) is 0 Å². The van der Waals surface area contributed by atoms with Crippen LogP contribution < -0.4 is 5.32 Å². The van der Waals surface area contributed by atoms with Crippen LogP contribution >= 0.6 is 0 Å². The van der Waals surface area contributed by atoms with Crippen molar-refractivity contribution < 1.29 is 14.0 Å². The highest BCUT2D eigenvalue weighted by atomic mass is 19.1. The average Bonchev–Trinajstić information content (AvgIpc) is 2.64. The first-order valence-corrected chi connectivity index (χ1v) is 10.2. The van der Waals surface area contributed by atoms with Crippen LogP contribution in [0.15, 0.2) is 24.3 Å². The van der Waals surface area contributed by atoms with E-state index in [0.29, 0.717) is 30.6 Å². The van der Waals surface area contributed by atoms with E-state index in [-0.39, 0.29) is 17.6 Å². The van der Waals surface area contributed by atoms with Gasteiger partial charge in [-0.05, 0) is 42.5 Å². The summed E-state index contributed by atoms with van der Waals surface area (Å²) in [5, 5.41) is 2.79. The minimum absolute atomic E-state index is 0.104. The smallest absolute Gasteiger partial charge is 0.238 e. The molecule has 1 N–H and O–H groups in total. The molecule has 2 fully saturated rings. The predicted molar refractivity (Wildman–Crippen MR) is 107 cm³/mol. The number of carbonyl (C=O) groups is 2. The van der Waals surface area contributed by atoms with Crippen molar-refractivity contribution in [2.45, 2.75) is 20.3 Å². The molecule has 0 bridgehead atoms. The van der Waals surface area contributed by atoms with Gasteiger partial charge >= 0.3 is 0 Å². The molecular formula is C21H31FN4O2. The van der Waals surface area contributed by atoms with Crippen molar-refractivity contribution >= 4 is 17.5 Å². The van der Waals surface area contributed by atoms with Crippen LogP contribution in [0.5, 0.6) is 0 Å². The van der Waals surface area contributed by atoms with Crippen molar-refractivity contribution in [1.82, 2.24) is 14.7 Å². The van der Waals surface area contributed by atoms with Gasteiger partial charge in [0.05, 0.1) is 13.1 Å². The summed E-state index contributed by atoms with van der Waals surface area (Å²) in [6, 6.07) is 5.77. The lowest BCUT2D eigenvalue weighted by molar-refractivity contribution is -0.135. The molecule has 154 valence electrons. The van der Waals surface area contributed by atoms with Gasteiger partial charge in [-0.1, -0.05) is 13.8 Å². The molecule has 2 aliphatic heterocycles. The lowest BCUT2D eigenvalue weighted by atomic mass is 9.92. The van der Waals surface area contributed by atoms with Gasteiger partial charge in [0, 0.05) is 45.0 Å². The lowest BCUT2D eigenvalue weighted by Gasteiger charge is -2.38. The normalized spacial score (nSPS) is 24.2. The van der Waals surface area contributed by atoms with E-state index in [1.807, 2.05) is 4.90 Å². The van der Waals surface area contributed by atoms with E-state index in [9.17, 15) is 14.0 Å². The molecular weight excluding hydrogens is 359 g/mol. The first-order valence-electron chi connectivity index (χ1n) is 10.2. The average molecular weight is 391 g/mol. The Kier molecular flexibility index (Phi) is 7.02. The van der Waals surface area contributed by atoms with Crippen molar-refractivity contribution in [3.63, 3.8) is 0 Å². The highest BCUT2D eigenvalue weighted by molar-refractivity contribution is 5.92. The fourth-order valence-corrected chi connectivity index (χ4v) is 4.20. The van der Waals surface area contributed by atoms with Gasteiger partial charge in [-0.3, -0.25) is 19.4 Å². The molecule has 2 saturated heterocycles. The molecule has 28 heavy (non-hydrogen) atoms. The second-order valence-corrected chi connectivity index (χ2v) is 8.35. The van der Waals surface area contributed by atoms with Crippen LogP contribution in [0.1, 0.15) is 20.3 Å². The largest absolute Gasteiger partial charge is 0.341 e. The molecule has 1 aromatic rings. The van der Waals surface area contributed by atoms with Gasteiger partial charge in [-0.2, -0.15) is 0 Å². The predicted octanol–water partition coefficient (Wildman–Crippen LogP) is 1.89. The molecule has 0 saturated carbocycles. The molecule has 0 radical (unpaired) electrons. The Morgan fingerprint density at radius 1 is 0.964 bits per heavy atom. The number of anilines is 1. The quantitative estimate of drug-likeness (QED) is 0.834. The summed E-state index contributed by atoms with van der Waals surface area (Å²) < 4.78 is 12.9. The maximum absolute atomic E-state index is 12.9. The van der Waals surface area contributed by atoms with Crippen molar-refractivity contribution in [2.75, 3.05) is 57.7 Å². The van der Waals surface area contributed by atoms with Gasteiger partial charge in [0.15, 0.2) is 0 Å².